The second-order valence-electron chi connectivity index (χ2n) is 13.4. The number of thiophene rings is 1. The van der Waals surface area contributed by atoms with Crippen LogP contribution in [0, 0.1) is 5.92 Å². The van der Waals surface area contributed by atoms with E-state index >= 15 is 0 Å². The van der Waals surface area contributed by atoms with Crippen molar-refractivity contribution in [3.05, 3.63) is 181 Å². The molecule has 47 heavy (non-hydrogen) atoms. The van der Waals surface area contributed by atoms with E-state index in [9.17, 15) is 0 Å². The fraction of sp³-hybridized carbons (Fsp3) is 0.111. The molecule has 2 aliphatic rings. The molecule has 0 amide bonds. The highest BCUT2D eigenvalue weighted by atomic mass is 32.1. The van der Waals surface area contributed by atoms with E-state index in [1.807, 2.05) is 11.3 Å². The third-order valence-corrected chi connectivity index (χ3v) is 11.6. The topological polar surface area (TPSA) is 3.24 Å². The van der Waals surface area contributed by atoms with Crippen LogP contribution in [0.5, 0.6) is 0 Å². The molecule has 0 spiro atoms. The summed E-state index contributed by atoms with van der Waals surface area (Å²) >= 11 is 1.89. The van der Waals surface area contributed by atoms with Crippen molar-refractivity contribution in [2.45, 2.75) is 25.2 Å². The van der Waals surface area contributed by atoms with Gasteiger partial charge in [-0.2, -0.15) is 0 Å². The lowest BCUT2D eigenvalue weighted by molar-refractivity contribution is 0.393. The summed E-state index contributed by atoms with van der Waals surface area (Å²) in [6.45, 7) is 4.80. The number of nitrogens with zero attached hydrogens (tertiary/aromatic N) is 1. The molecule has 1 nitrogen and oxygen atoms in total. The summed E-state index contributed by atoms with van der Waals surface area (Å²) in [5.74, 6) is 0.769. The van der Waals surface area contributed by atoms with Crippen LogP contribution < -0.4 is 4.90 Å². The molecule has 2 unspecified atom stereocenters. The minimum atomic E-state index is 0.0881. The van der Waals surface area contributed by atoms with Crippen molar-refractivity contribution in [3.63, 3.8) is 0 Å². The van der Waals surface area contributed by atoms with Gasteiger partial charge in [0.2, 0.25) is 0 Å². The molecule has 0 bridgehead atoms. The van der Waals surface area contributed by atoms with Crippen LogP contribution >= 0.6 is 11.3 Å². The average molecular weight is 622 g/mol. The van der Waals surface area contributed by atoms with Gasteiger partial charge in [0.25, 0.3) is 0 Å². The van der Waals surface area contributed by atoms with Crippen LogP contribution in [-0.2, 0) is 5.41 Å². The molecular weight excluding hydrogens is 587 g/mol. The molecule has 0 N–H and O–H groups in total. The molecule has 9 rings (SSSR count). The van der Waals surface area contributed by atoms with Gasteiger partial charge in [-0.1, -0.05) is 141 Å². The Morgan fingerprint density at radius 1 is 0.596 bits per heavy atom. The van der Waals surface area contributed by atoms with E-state index in [2.05, 4.69) is 183 Å². The molecule has 0 aliphatic heterocycles. The Bertz CT molecular complexity index is 2340. The van der Waals surface area contributed by atoms with Crippen molar-refractivity contribution in [1.29, 1.82) is 0 Å². The summed E-state index contributed by atoms with van der Waals surface area (Å²) in [7, 11) is 0. The zero-order valence-electron chi connectivity index (χ0n) is 26.6. The van der Waals surface area contributed by atoms with Gasteiger partial charge in [-0.3, -0.25) is 0 Å². The van der Waals surface area contributed by atoms with Gasteiger partial charge in [-0.05, 0) is 81.1 Å². The monoisotopic (exact) mass is 621 g/mol. The number of allylic oxidation sites excluding steroid dienone is 3. The fourth-order valence-electron chi connectivity index (χ4n) is 8.01. The number of benzene rings is 6. The van der Waals surface area contributed by atoms with Crippen molar-refractivity contribution in [3.8, 4) is 22.3 Å². The molecule has 226 valence electrons. The number of hydrogen-bond acceptors (Lipinski definition) is 2. The fourth-order valence-corrected chi connectivity index (χ4v) is 9.25. The van der Waals surface area contributed by atoms with Crippen LogP contribution in [0.2, 0.25) is 0 Å². The molecule has 0 saturated heterocycles. The van der Waals surface area contributed by atoms with Crippen molar-refractivity contribution in [1.82, 2.24) is 0 Å². The summed E-state index contributed by atoms with van der Waals surface area (Å²) in [5.41, 5.74) is 11.5. The average Bonchev–Trinajstić information content (AvgIpc) is 3.61. The summed E-state index contributed by atoms with van der Waals surface area (Å²) in [6, 6.07) is 53.3. The highest BCUT2D eigenvalue weighted by molar-refractivity contribution is 7.26. The van der Waals surface area contributed by atoms with Crippen LogP contribution in [0.4, 0.5) is 11.4 Å². The molecule has 1 aromatic heterocycles. The van der Waals surface area contributed by atoms with Gasteiger partial charge in [0.1, 0.15) is 0 Å². The Morgan fingerprint density at radius 3 is 2.17 bits per heavy atom. The van der Waals surface area contributed by atoms with E-state index in [0.29, 0.717) is 11.8 Å². The number of fused-ring (bicyclic) bond motifs is 6. The van der Waals surface area contributed by atoms with Gasteiger partial charge in [0.05, 0.1) is 0 Å². The maximum atomic E-state index is 2.52. The minimum Gasteiger partial charge on any atom is -0.311 e. The molecule has 7 aromatic rings. The van der Waals surface area contributed by atoms with E-state index in [0.717, 1.165) is 11.4 Å². The van der Waals surface area contributed by atoms with Gasteiger partial charge < -0.3 is 4.90 Å². The highest BCUT2D eigenvalue weighted by Gasteiger charge is 2.45. The van der Waals surface area contributed by atoms with Crippen LogP contribution in [0.15, 0.2) is 170 Å². The molecule has 2 aliphatic carbocycles. The first-order chi connectivity index (χ1) is 23.1. The molecule has 1 heterocycles. The smallest absolute Gasteiger partial charge is 0.0467 e. The normalized spacial score (nSPS) is 17.8. The minimum absolute atomic E-state index is 0.0881. The van der Waals surface area contributed by atoms with Gasteiger partial charge in [-0.15, -0.1) is 11.3 Å². The van der Waals surface area contributed by atoms with Crippen molar-refractivity contribution in [2.24, 2.45) is 5.92 Å². The number of hydrogen-bond donors (Lipinski definition) is 0. The predicted molar refractivity (Wildman–Crippen MR) is 202 cm³/mol. The van der Waals surface area contributed by atoms with Crippen molar-refractivity contribution >= 4 is 42.9 Å². The maximum Gasteiger partial charge on any atom is 0.0467 e. The van der Waals surface area contributed by atoms with Gasteiger partial charge >= 0.3 is 0 Å². The first kappa shape index (κ1) is 28.1. The van der Waals surface area contributed by atoms with Gasteiger partial charge in [0.15, 0.2) is 0 Å². The summed E-state index contributed by atoms with van der Waals surface area (Å²) in [5, 5.41) is 2.66. The predicted octanol–water partition coefficient (Wildman–Crippen LogP) is 12.7. The van der Waals surface area contributed by atoms with Crippen molar-refractivity contribution in [2.75, 3.05) is 4.90 Å². The largest absolute Gasteiger partial charge is 0.311 e. The lowest BCUT2D eigenvalue weighted by Crippen LogP contribution is -2.27. The lowest BCUT2D eigenvalue weighted by Gasteiger charge is -2.34. The second-order valence-corrected chi connectivity index (χ2v) is 14.4. The van der Waals surface area contributed by atoms with Crippen LogP contribution in [0.1, 0.15) is 30.9 Å². The Morgan fingerprint density at radius 2 is 1.30 bits per heavy atom. The van der Waals surface area contributed by atoms with E-state index in [-0.39, 0.29) is 5.41 Å². The Labute approximate surface area is 280 Å². The molecule has 0 fully saturated rings. The first-order valence-corrected chi connectivity index (χ1v) is 17.3. The van der Waals surface area contributed by atoms with E-state index in [4.69, 9.17) is 0 Å². The van der Waals surface area contributed by atoms with Gasteiger partial charge in [0, 0.05) is 43.2 Å². The van der Waals surface area contributed by atoms with Gasteiger partial charge in [-0.25, -0.2) is 0 Å². The lowest BCUT2D eigenvalue weighted by atomic mass is 9.74. The van der Waals surface area contributed by atoms with Crippen LogP contribution in [0.3, 0.4) is 0 Å². The second kappa shape index (κ2) is 11.0. The quantitative estimate of drug-likeness (QED) is 0.185. The summed E-state index contributed by atoms with van der Waals surface area (Å²) in [6.07, 6.45) is 7.34. The number of anilines is 2. The zero-order chi connectivity index (χ0) is 31.5. The third-order valence-electron chi connectivity index (χ3n) is 10.4. The van der Waals surface area contributed by atoms with Crippen molar-refractivity contribution < 1.29 is 0 Å². The Kier molecular flexibility index (Phi) is 6.55. The van der Waals surface area contributed by atoms with E-state index in [1.165, 1.54) is 59.3 Å². The molecule has 0 radical (unpaired) electrons. The standard InChI is InChI=1S/C45H35NS/c1-45(2)41-20-8-6-16-37(41)40-29-35(26-27-42(40)45)46(33-24-22-31(23-25-33)30-12-4-3-5-13-30)34-15-10-14-32(28-34)36-18-11-19-39-38-17-7-9-21-43(38)47-44(36)39/h3-29,40,42H,1-2H3. The summed E-state index contributed by atoms with van der Waals surface area (Å²) < 4.78 is 2.67. The molecule has 2 heteroatoms. The van der Waals surface area contributed by atoms with E-state index < -0.39 is 0 Å². The van der Waals surface area contributed by atoms with Crippen LogP contribution in [0.25, 0.3) is 42.4 Å². The highest BCUT2D eigenvalue weighted by Crippen LogP contribution is 2.54. The molecule has 2 atom stereocenters. The molecular formula is C45H35NS. The SMILES string of the molecule is CC1(C)c2ccccc2C2C=C(N(c3ccc(-c4ccccc4)cc3)c3cccc(-c4cccc5c4sc4ccccc45)c3)C=CC21. The maximum absolute atomic E-state index is 2.52. The zero-order valence-corrected chi connectivity index (χ0v) is 27.4. The Balaban J connectivity index is 1.19. The van der Waals surface area contributed by atoms with E-state index in [1.54, 1.807) is 0 Å². The Hall–Kier alpha value is -5.18. The number of rotatable bonds is 5. The third kappa shape index (κ3) is 4.59. The first-order valence-electron chi connectivity index (χ1n) is 16.5. The van der Waals surface area contributed by atoms with Crippen LogP contribution in [-0.4, -0.2) is 0 Å². The molecule has 0 saturated carbocycles. The molecule has 6 aromatic carbocycles. The summed E-state index contributed by atoms with van der Waals surface area (Å²) in [4.78, 5) is 2.45.